The van der Waals surface area contributed by atoms with Crippen LogP contribution in [0.4, 0.5) is 5.82 Å². The number of hydrogen-bond acceptors (Lipinski definition) is 4. The second kappa shape index (κ2) is 6.05. The van der Waals surface area contributed by atoms with Crippen molar-refractivity contribution in [2.75, 3.05) is 11.9 Å². The molecule has 0 aliphatic heterocycles. The number of aromatic nitrogens is 2. The van der Waals surface area contributed by atoms with E-state index in [4.69, 9.17) is 4.74 Å². The lowest BCUT2D eigenvalue weighted by Crippen LogP contribution is -2.16. The second-order valence-electron chi connectivity index (χ2n) is 4.01. The van der Waals surface area contributed by atoms with E-state index in [-0.39, 0.29) is 18.6 Å². The standard InChI is InChI=1S/C11H18BrN3O2/c1-5-17-9(16)6-15-8(4)10(12)11(14-15)13-7(2)3/h7H,5-6H2,1-4H3,(H,13,14). The predicted octanol–water partition coefficient (Wildman–Crippen LogP) is 2.34. The number of nitrogens with one attached hydrogen (secondary N) is 1. The van der Waals surface area contributed by atoms with Gasteiger partial charge >= 0.3 is 5.97 Å². The summed E-state index contributed by atoms with van der Waals surface area (Å²) in [5.74, 6) is 0.475. The van der Waals surface area contributed by atoms with Crippen LogP contribution in [0.3, 0.4) is 0 Å². The van der Waals surface area contributed by atoms with Crippen LogP contribution in [-0.4, -0.2) is 28.4 Å². The lowest BCUT2D eigenvalue weighted by Gasteiger charge is -2.06. The number of hydrogen-bond donors (Lipinski definition) is 1. The maximum absolute atomic E-state index is 11.4. The molecule has 0 fully saturated rings. The highest BCUT2D eigenvalue weighted by molar-refractivity contribution is 9.10. The Hall–Kier alpha value is -1.04. The fraction of sp³-hybridized carbons (Fsp3) is 0.636. The van der Waals surface area contributed by atoms with E-state index in [1.54, 1.807) is 11.6 Å². The first-order valence-electron chi connectivity index (χ1n) is 5.60. The third-order valence-electron chi connectivity index (χ3n) is 2.14. The summed E-state index contributed by atoms with van der Waals surface area (Å²) in [6.07, 6.45) is 0. The first-order valence-corrected chi connectivity index (χ1v) is 6.40. The van der Waals surface area contributed by atoms with Gasteiger partial charge in [0.15, 0.2) is 5.82 Å². The van der Waals surface area contributed by atoms with Crippen LogP contribution >= 0.6 is 15.9 Å². The van der Waals surface area contributed by atoms with E-state index in [9.17, 15) is 4.79 Å². The molecule has 0 aromatic carbocycles. The van der Waals surface area contributed by atoms with Crippen LogP contribution in [0.1, 0.15) is 26.5 Å². The topological polar surface area (TPSA) is 56.2 Å². The molecule has 0 atom stereocenters. The molecule has 0 aliphatic carbocycles. The Morgan fingerprint density at radius 3 is 2.76 bits per heavy atom. The number of carbonyl (C=O) groups is 1. The fourth-order valence-electron chi connectivity index (χ4n) is 1.37. The van der Waals surface area contributed by atoms with Gasteiger partial charge in [-0.05, 0) is 43.6 Å². The van der Waals surface area contributed by atoms with Gasteiger partial charge in [-0.2, -0.15) is 5.10 Å². The molecule has 6 heteroatoms. The maximum Gasteiger partial charge on any atom is 0.327 e. The molecule has 0 saturated carbocycles. The lowest BCUT2D eigenvalue weighted by molar-refractivity contribution is -0.144. The molecule has 96 valence electrons. The second-order valence-corrected chi connectivity index (χ2v) is 4.80. The Labute approximate surface area is 110 Å². The molecule has 1 aromatic rings. The molecule has 0 unspecified atom stereocenters. The maximum atomic E-state index is 11.4. The van der Waals surface area contributed by atoms with Gasteiger partial charge in [0.25, 0.3) is 0 Å². The van der Waals surface area contributed by atoms with Crippen molar-refractivity contribution in [2.24, 2.45) is 0 Å². The summed E-state index contributed by atoms with van der Waals surface area (Å²) in [6, 6.07) is 0.289. The SMILES string of the molecule is CCOC(=O)Cn1nc(NC(C)C)c(Br)c1C. The molecule has 0 saturated heterocycles. The predicted molar refractivity (Wildman–Crippen MR) is 70.1 cm³/mol. The van der Waals surface area contributed by atoms with E-state index >= 15 is 0 Å². The summed E-state index contributed by atoms with van der Waals surface area (Å²) in [4.78, 5) is 11.4. The van der Waals surface area contributed by atoms with E-state index in [1.807, 2.05) is 20.8 Å². The zero-order valence-electron chi connectivity index (χ0n) is 10.6. The smallest absolute Gasteiger partial charge is 0.327 e. The molecular weight excluding hydrogens is 286 g/mol. The van der Waals surface area contributed by atoms with Crippen molar-refractivity contribution in [3.05, 3.63) is 10.2 Å². The molecule has 0 amide bonds. The zero-order chi connectivity index (χ0) is 13.0. The number of nitrogens with zero attached hydrogens (tertiary/aromatic N) is 2. The van der Waals surface area contributed by atoms with Gasteiger partial charge in [-0.25, -0.2) is 0 Å². The van der Waals surface area contributed by atoms with Crippen molar-refractivity contribution >= 4 is 27.7 Å². The van der Waals surface area contributed by atoms with E-state index < -0.39 is 0 Å². The Bertz CT molecular complexity index is 402. The Balaban J connectivity index is 2.83. The van der Waals surface area contributed by atoms with Gasteiger partial charge < -0.3 is 10.1 Å². The van der Waals surface area contributed by atoms with Crippen molar-refractivity contribution in [2.45, 2.75) is 40.3 Å². The number of rotatable bonds is 5. The molecule has 0 bridgehead atoms. The van der Waals surface area contributed by atoms with Crippen LogP contribution in [0.5, 0.6) is 0 Å². The van der Waals surface area contributed by atoms with Gasteiger partial charge in [0, 0.05) is 6.04 Å². The highest BCUT2D eigenvalue weighted by Crippen LogP contribution is 2.25. The number of anilines is 1. The molecule has 0 aliphatic rings. The van der Waals surface area contributed by atoms with Crippen LogP contribution in [0, 0.1) is 6.92 Å². The number of carbonyl (C=O) groups excluding carboxylic acids is 1. The Morgan fingerprint density at radius 2 is 2.24 bits per heavy atom. The molecule has 1 heterocycles. The molecule has 17 heavy (non-hydrogen) atoms. The highest BCUT2D eigenvalue weighted by Gasteiger charge is 2.15. The molecule has 0 spiro atoms. The molecule has 1 N–H and O–H groups in total. The Morgan fingerprint density at radius 1 is 1.59 bits per heavy atom. The van der Waals surface area contributed by atoms with Gasteiger partial charge in [0.2, 0.25) is 0 Å². The third-order valence-corrected chi connectivity index (χ3v) is 3.09. The number of halogens is 1. The monoisotopic (exact) mass is 303 g/mol. The third kappa shape index (κ3) is 3.73. The summed E-state index contributed by atoms with van der Waals surface area (Å²) in [7, 11) is 0. The zero-order valence-corrected chi connectivity index (χ0v) is 12.2. The van der Waals surface area contributed by atoms with E-state index in [0.717, 1.165) is 16.0 Å². The molecule has 1 rings (SSSR count). The first kappa shape index (κ1) is 14.0. The van der Waals surface area contributed by atoms with Crippen LogP contribution in [0.2, 0.25) is 0 Å². The van der Waals surface area contributed by atoms with Crippen molar-refractivity contribution < 1.29 is 9.53 Å². The minimum atomic E-state index is -0.276. The van der Waals surface area contributed by atoms with Gasteiger partial charge in [0.1, 0.15) is 6.54 Å². The normalized spacial score (nSPS) is 10.7. The molecule has 5 nitrogen and oxygen atoms in total. The average Bonchev–Trinajstić information content (AvgIpc) is 2.46. The lowest BCUT2D eigenvalue weighted by atomic mass is 10.4. The summed E-state index contributed by atoms with van der Waals surface area (Å²) < 4.78 is 7.41. The van der Waals surface area contributed by atoms with E-state index in [0.29, 0.717) is 6.61 Å². The van der Waals surface area contributed by atoms with Crippen molar-refractivity contribution in [3.63, 3.8) is 0 Å². The van der Waals surface area contributed by atoms with Crippen molar-refractivity contribution in [1.82, 2.24) is 9.78 Å². The van der Waals surface area contributed by atoms with Crippen LogP contribution < -0.4 is 5.32 Å². The van der Waals surface area contributed by atoms with Crippen LogP contribution in [-0.2, 0) is 16.1 Å². The largest absolute Gasteiger partial charge is 0.465 e. The molecular formula is C11H18BrN3O2. The quantitative estimate of drug-likeness (QED) is 0.848. The summed E-state index contributed by atoms with van der Waals surface area (Å²) in [6.45, 7) is 8.28. The van der Waals surface area contributed by atoms with Gasteiger partial charge in [-0.1, -0.05) is 0 Å². The summed E-state index contributed by atoms with van der Waals surface area (Å²) in [5, 5.41) is 7.54. The van der Waals surface area contributed by atoms with Gasteiger partial charge in [-0.3, -0.25) is 9.48 Å². The highest BCUT2D eigenvalue weighted by atomic mass is 79.9. The van der Waals surface area contributed by atoms with Gasteiger partial charge in [0.05, 0.1) is 16.8 Å². The first-order chi connectivity index (χ1) is 7.95. The molecule has 0 radical (unpaired) electrons. The van der Waals surface area contributed by atoms with Crippen LogP contribution in [0.15, 0.2) is 4.47 Å². The molecule has 1 aromatic heterocycles. The Kier molecular flexibility index (Phi) is 4.99. The number of esters is 1. The fourth-order valence-corrected chi connectivity index (χ4v) is 1.77. The van der Waals surface area contributed by atoms with Gasteiger partial charge in [-0.15, -0.1) is 0 Å². The van der Waals surface area contributed by atoms with E-state index in [1.165, 1.54) is 0 Å². The summed E-state index contributed by atoms with van der Waals surface area (Å²) in [5.41, 5.74) is 0.904. The minimum absolute atomic E-state index is 0.137. The minimum Gasteiger partial charge on any atom is -0.465 e. The summed E-state index contributed by atoms with van der Waals surface area (Å²) >= 11 is 3.46. The van der Waals surface area contributed by atoms with Crippen molar-refractivity contribution in [1.29, 1.82) is 0 Å². The van der Waals surface area contributed by atoms with Crippen molar-refractivity contribution in [3.8, 4) is 0 Å². The van der Waals surface area contributed by atoms with Crippen LogP contribution in [0.25, 0.3) is 0 Å². The number of ether oxygens (including phenoxy) is 1. The van der Waals surface area contributed by atoms with E-state index in [2.05, 4.69) is 26.3 Å². The average molecular weight is 304 g/mol.